The van der Waals surface area contributed by atoms with Crippen LogP contribution in [0.15, 0.2) is 30.3 Å². The van der Waals surface area contributed by atoms with E-state index in [-0.39, 0.29) is 12.3 Å². The molecule has 0 saturated heterocycles. The molecule has 0 aromatic heterocycles. The zero-order valence-corrected chi connectivity index (χ0v) is 12.3. The molecule has 12 heteroatoms. The maximum atomic E-state index is 11.1. The van der Waals surface area contributed by atoms with Crippen LogP contribution in [0.1, 0.15) is 5.56 Å². The number of nitro benzene ring substituents is 3. The number of nitrogens with one attached hydrogen (secondary N) is 1. The van der Waals surface area contributed by atoms with Crippen molar-refractivity contribution in [2.45, 2.75) is 6.54 Å². The third-order valence-corrected chi connectivity index (χ3v) is 3.19. The number of phenols is 2. The van der Waals surface area contributed by atoms with E-state index in [9.17, 15) is 40.6 Å². The van der Waals surface area contributed by atoms with E-state index >= 15 is 0 Å². The van der Waals surface area contributed by atoms with Crippen molar-refractivity contribution in [3.8, 4) is 11.5 Å². The average molecular weight is 350 g/mol. The van der Waals surface area contributed by atoms with Crippen LogP contribution in [0.3, 0.4) is 0 Å². The molecule has 0 radical (unpaired) electrons. The van der Waals surface area contributed by atoms with Crippen LogP contribution in [0, 0.1) is 30.3 Å². The van der Waals surface area contributed by atoms with Crippen molar-refractivity contribution in [3.63, 3.8) is 0 Å². The monoisotopic (exact) mass is 350 g/mol. The fourth-order valence-electron chi connectivity index (χ4n) is 2.04. The summed E-state index contributed by atoms with van der Waals surface area (Å²) in [5.74, 6) is -0.817. The lowest BCUT2D eigenvalue weighted by Crippen LogP contribution is -2.07. The van der Waals surface area contributed by atoms with E-state index in [1.807, 2.05) is 0 Å². The molecule has 0 heterocycles. The predicted molar refractivity (Wildman–Crippen MR) is 83.5 cm³/mol. The van der Waals surface area contributed by atoms with Gasteiger partial charge in [0.15, 0.2) is 17.2 Å². The molecule has 25 heavy (non-hydrogen) atoms. The second kappa shape index (κ2) is 6.66. The van der Waals surface area contributed by atoms with E-state index in [4.69, 9.17) is 0 Å². The third-order valence-electron chi connectivity index (χ3n) is 3.19. The van der Waals surface area contributed by atoms with Gasteiger partial charge in [-0.2, -0.15) is 0 Å². The van der Waals surface area contributed by atoms with Gasteiger partial charge < -0.3 is 15.5 Å². The fraction of sp³-hybridized carbons (Fsp3) is 0.0769. The van der Waals surface area contributed by atoms with Crippen molar-refractivity contribution in [1.82, 2.24) is 0 Å². The van der Waals surface area contributed by atoms with Gasteiger partial charge >= 0.3 is 11.4 Å². The summed E-state index contributed by atoms with van der Waals surface area (Å²) in [6, 6.07) is 4.94. The largest absolute Gasteiger partial charge is 0.504 e. The molecule has 0 fully saturated rings. The highest BCUT2D eigenvalue weighted by molar-refractivity contribution is 5.77. The fourth-order valence-corrected chi connectivity index (χ4v) is 2.04. The molecule has 3 N–H and O–H groups in total. The van der Waals surface area contributed by atoms with Crippen LogP contribution in [0.25, 0.3) is 0 Å². The number of non-ortho nitro benzene ring substituents is 1. The predicted octanol–water partition coefficient (Wildman–Crippen LogP) is 2.43. The van der Waals surface area contributed by atoms with Crippen molar-refractivity contribution in [2.24, 2.45) is 0 Å². The maximum Gasteiger partial charge on any atom is 0.306 e. The normalized spacial score (nSPS) is 10.2. The molecule has 0 aliphatic heterocycles. The Morgan fingerprint density at radius 1 is 0.840 bits per heavy atom. The summed E-state index contributed by atoms with van der Waals surface area (Å²) in [5.41, 5.74) is -2.59. The minimum atomic E-state index is -0.976. The third kappa shape index (κ3) is 3.69. The van der Waals surface area contributed by atoms with Gasteiger partial charge in [-0.1, -0.05) is 6.07 Å². The lowest BCUT2D eigenvalue weighted by molar-refractivity contribution is -0.401. The number of hydrogen-bond donors (Lipinski definition) is 3. The average Bonchev–Trinajstić information content (AvgIpc) is 2.54. The van der Waals surface area contributed by atoms with Crippen LogP contribution in [0.2, 0.25) is 0 Å². The Kier molecular flexibility index (Phi) is 4.63. The van der Waals surface area contributed by atoms with E-state index in [0.717, 1.165) is 6.07 Å². The Morgan fingerprint density at radius 2 is 1.40 bits per heavy atom. The first-order valence-electron chi connectivity index (χ1n) is 6.56. The van der Waals surface area contributed by atoms with Crippen LogP contribution in [-0.2, 0) is 6.54 Å². The molecule has 0 aliphatic rings. The van der Waals surface area contributed by atoms with E-state index in [0.29, 0.717) is 17.7 Å². The zero-order valence-electron chi connectivity index (χ0n) is 12.3. The van der Waals surface area contributed by atoms with E-state index in [2.05, 4.69) is 5.32 Å². The molecule has 0 spiro atoms. The Morgan fingerprint density at radius 3 is 1.84 bits per heavy atom. The summed E-state index contributed by atoms with van der Waals surface area (Å²) in [6.45, 7) is -0.173. The van der Waals surface area contributed by atoms with Gasteiger partial charge in [-0.05, 0) is 17.7 Å². The van der Waals surface area contributed by atoms with Gasteiger partial charge in [0.05, 0.1) is 26.9 Å². The number of phenolic OH excluding ortho intramolecular Hbond substituents is 2. The molecule has 130 valence electrons. The van der Waals surface area contributed by atoms with E-state index in [1.54, 1.807) is 0 Å². The van der Waals surface area contributed by atoms with Gasteiger partial charge in [0, 0.05) is 6.54 Å². The minimum Gasteiger partial charge on any atom is -0.504 e. The Hall–Kier alpha value is -3.96. The summed E-state index contributed by atoms with van der Waals surface area (Å²) in [4.78, 5) is 30.1. The smallest absolute Gasteiger partial charge is 0.306 e. The van der Waals surface area contributed by atoms with Gasteiger partial charge in [0.2, 0.25) is 0 Å². The summed E-state index contributed by atoms with van der Waals surface area (Å²) in [7, 11) is 0. The summed E-state index contributed by atoms with van der Waals surface area (Å²) in [6.07, 6.45) is 0. The van der Waals surface area contributed by atoms with Crippen LogP contribution in [0.4, 0.5) is 22.7 Å². The van der Waals surface area contributed by atoms with Crippen molar-refractivity contribution in [3.05, 3.63) is 66.2 Å². The lowest BCUT2D eigenvalue weighted by Gasteiger charge is -2.09. The van der Waals surface area contributed by atoms with E-state index in [1.165, 1.54) is 12.1 Å². The number of hydrogen-bond acceptors (Lipinski definition) is 9. The summed E-state index contributed by atoms with van der Waals surface area (Å²) in [5, 5.41) is 54.2. The van der Waals surface area contributed by atoms with E-state index < -0.39 is 43.3 Å². The first kappa shape index (κ1) is 17.4. The number of benzene rings is 2. The second-order valence-corrected chi connectivity index (χ2v) is 4.81. The number of nitrogens with zero attached hydrogens (tertiary/aromatic N) is 3. The molecule has 0 amide bonds. The highest BCUT2D eigenvalue weighted by Gasteiger charge is 2.30. The standard InChI is InChI=1S/C13H10N4O8/c18-11-2-1-7(3-12(11)19)6-14-13-9(16(22)23)4-8(15(20)21)5-10(13)17(24)25/h1-5,14,18-19H,6H2. The van der Waals surface area contributed by atoms with Crippen LogP contribution < -0.4 is 5.32 Å². The molecule has 0 atom stereocenters. The molecule has 2 rings (SSSR count). The molecule has 0 aliphatic carbocycles. The van der Waals surface area contributed by atoms with Crippen LogP contribution in [0.5, 0.6) is 11.5 Å². The van der Waals surface area contributed by atoms with Gasteiger partial charge in [-0.3, -0.25) is 30.3 Å². The highest BCUT2D eigenvalue weighted by Crippen LogP contribution is 2.38. The summed E-state index contributed by atoms with van der Waals surface area (Å²) < 4.78 is 0. The number of aromatic hydroxyl groups is 2. The van der Waals surface area contributed by atoms with Gasteiger partial charge in [-0.15, -0.1) is 0 Å². The molecule has 12 nitrogen and oxygen atoms in total. The van der Waals surface area contributed by atoms with Crippen molar-refractivity contribution in [2.75, 3.05) is 5.32 Å². The van der Waals surface area contributed by atoms with Crippen LogP contribution in [-0.4, -0.2) is 25.0 Å². The second-order valence-electron chi connectivity index (χ2n) is 4.81. The SMILES string of the molecule is O=[N+]([O-])c1cc([N+](=O)[O-])c(NCc2ccc(O)c(O)c2)c([N+](=O)[O-])c1. The quantitative estimate of drug-likeness (QED) is 0.400. The Bertz CT molecular complexity index is 847. The lowest BCUT2D eigenvalue weighted by atomic mass is 10.1. The number of nitro groups is 3. The number of anilines is 1. The molecule has 0 saturated carbocycles. The van der Waals surface area contributed by atoms with Crippen molar-refractivity contribution in [1.29, 1.82) is 0 Å². The number of rotatable bonds is 6. The highest BCUT2D eigenvalue weighted by atomic mass is 16.6. The minimum absolute atomic E-state index is 0.173. The molecule has 2 aromatic rings. The molecular weight excluding hydrogens is 340 g/mol. The zero-order chi connectivity index (χ0) is 18.7. The molecule has 0 bridgehead atoms. The van der Waals surface area contributed by atoms with Crippen LogP contribution >= 0.6 is 0 Å². The van der Waals surface area contributed by atoms with Crippen molar-refractivity contribution < 1.29 is 25.0 Å². The van der Waals surface area contributed by atoms with Gasteiger partial charge in [-0.25, -0.2) is 0 Å². The van der Waals surface area contributed by atoms with Gasteiger partial charge in [0.1, 0.15) is 0 Å². The molecule has 0 unspecified atom stereocenters. The molecular formula is C13H10N4O8. The van der Waals surface area contributed by atoms with Gasteiger partial charge in [0.25, 0.3) is 5.69 Å². The first-order valence-corrected chi connectivity index (χ1v) is 6.56. The molecule has 2 aromatic carbocycles. The Balaban J connectivity index is 2.47. The Labute approximate surface area is 138 Å². The van der Waals surface area contributed by atoms with Crippen molar-refractivity contribution >= 4 is 22.7 Å². The topological polar surface area (TPSA) is 182 Å². The maximum absolute atomic E-state index is 11.1. The first-order chi connectivity index (χ1) is 11.7. The summed E-state index contributed by atoms with van der Waals surface area (Å²) >= 11 is 0.